The maximum absolute atomic E-state index is 12.4. The molecule has 23 heavy (non-hydrogen) atoms. The smallest absolute Gasteiger partial charge is 0.268 e. The molecule has 0 aliphatic carbocycles. The minimum atomic E-state index is -3.91. The van der Waals surface area contributed by atoms with Gasteiger partial charge in [0.1, 0.15) is 10.6 Å². The van der Waals surface area contributed by atoms with Crippen molar-refractivity contribution in [2.45, 2.75) is 31.1 Å². The standard InChI is InChI=1S/C15H24N2O5S/c1-5-6-7-10-16-15(18)12-8-9-13(21-3)14(11-12)23(19,20)17(2)22-4/h8-9,11H,5-7,10H2,1-4H3,(H,16,18). The van der Waals surface area contributed by atoms with Crippen LogP contribution in [-0.4, -0.2) is 46.6 Å². The van der Waals surface area contributed by atoms with E-state index in [-0.39, 0.29) is 22.1 Å². The van der Waals surface area contributed by atoms with E-state index in [0.717, 1.165) is 19.3 Å². The molecule has 0 aromatic heterocycles. The van der Waals surface area contributed by atoms with Gasteiger partial charge in [-0.3, -0.25) is 9.63 Å². The van der Waals surface area contributed by atoms with E-state index in [1.165, 1.54) is 39.5 Å². The average Bonchev–Trinajstić information content (AvgIpc) is 2.56. The van der Waals surface area contributed by atoms with E-state index in [1.54, 1.807) is 0 Å². The van der Waals surface area contributed by atoms with E-state index >= 15 is 0 Å². The summed E-state index contributed by atoms with van der Waals surface area (Å²) < 4.78 is 30.6. The molecule has 0 spiro atoms. The van der Waals surface area contributed by atoms with Crippen LogP contribution in [0.25, 0.3) is 0 Å². The van der Waals surface area contributed by atoms with Gasteiger partial charge in [0.25, 0.3) is 15.9 Å². The molecule has 1 N–H and O–H groups in total. The van der Waals surface area contributed by atoms with Crippen molar-refractivity contribution in [3.63, 3.8) is 0 Å². The van der Waals surface area contributed by atoms with Crippen molar-refractivity contribution in [2.75, 3.05) is 27.8 Å². The summed E-state index contributed by atoms with van der Waals surface area (Å²) in [6.07, 6.45) is 2.97. The van der Waals surface area contributed by atoms with Crippen molar-refractivity contribution >= 4 is 15.9 Å². The van der Waals surface area contributed by atoms with Crippen LogP contribution in [0, 0.1) is 0 Å². The lowest BCUT2D eigenvalue weighted by Gasteiger charge is -2.17. The Morgan fingerprint density at radius 1 is 1.26 bits per heavy atom. The van der Waals surface area contributed by atoms with Crippen molar-refractivity contribution in [1.82, 2.24) is 9.79 Å². The molecule has 1 rings (SSSR count). The summed E-state index contributed by atoms with van der Waals surface area (Å²) in [5.41, 5.74) is 0.255. The van der Waals surface area contributed by atoms with E-state index < -0.39 is 10.0 Å². The fraction of sp³-hybridized carbons (Fsp3) is 0.533. The van der Waals surface area contributed by atoms with Crippen LogP contribution in [0.3, 0.4) is 0 Å². The molecule has 1 aromatic rings. The molecular formula is C15H24N2O5S. The molecule has 0 unspecified atom stereocenters. The van der Waals surface area contributed by atoms with Crippen molar-refractivity contribution in [1.29, 1.82) is 0 Å². The molecule has 0 saturated heterocycles. The highest BCUT2D eigenvalue weighted by atomic mass is 32.2. The van der Waals surface area contributed by atoms with E-state index in [0.29, 0.717) is 11.0 Å². The van der Waals surface area contributed by atoms with Crippen LogP contribution in [0.4, 0.5) is 0 Å². The normalized spacial score (nSPS) is 11.5. The minimum absolute atomic E-state index is 0.120. The topological polar surface area (TPSA) is 84.9 Å². The summed E-state index contributed by atoms with van der Waals surface area (Å²) in [5, 5.41) is 2.77. The fourth-order valence-corrected chi connectivity index (χ4v) is 3.09. The van der Waals surface area contributed by atoms with E-state index in [1.807, 2.05) is 0 Å². The molecule has 0 saturated carbocycles. The predicted octanol–water partition coefficient (Wildman–Crippen LogP) is 1.80. The fourth-order valence-electron chi connectivity index (χ4n) is 1.94. The number of nitrogens with zero attached hydrogens (tertiary/aromatic N) is 1. The predicted molar refractivity (Wildman–Crippen MR) is 86.8 cm³/mol. The van der Waals surface area contributed by atoms with Gasteiger partial charge in [-0.05, 0) is 24.6 Å². The average molecular weight is 344 g/mol. The van der Waals surface area contributed by atoms with Gasteiger partial charge in [-0.15, -0.1) is 0 Å². The zero-order valence-electron chi connectivity index (χ0n) is 14.0. The first-order valence-electron chi connectivity index (χ1n) is 7.37. The van der Waals surface area contributed by atoms with Crippen molar-refractivity contribution in [2.24, 2.45) is 0 Å². The first kappa shape index (κ1) is 19.4. The summed E-state index contributed by atoms with van der Waals surface area (Å²) in [6.45, 7) is 2.63. The third-order valence-electron chi connectivity index (χ3n) is 3.37. The number of hydroxylamine groups is 1. The number of amides is 1. The first-order valence-corrected chi connectivity index (χ1v) is 8.81. The Morgan fingerprint density at radius 3 is 2.52 bits per heavy atom. The number of hydrogen-bond acceptors (Lipinski definition) is 5. The number of methoxy groups -OCH3 is 1. The molecule has 0 radical (unpaired) electrons. The third-order valence-corrected chi connectivity index (χ3v) is 5.07. The number of sulfonamides is 1. The van der Waals surface area contributed by atoms with Crippen LogP contribution in [-0.2, 0) is 14.9 Å². The molecule has 0 fully saturated rings. The Morgan fingerprint density at radius 2 is 1.96 bits per heavy atom. The molecule has 1 aromatic carbocycles. The summed E-state index contributed by atoms with van der Waals surface area (Å²) in [4.78, 5) is 16.8. The van der Waals surface area contributed by atoms with Crippen molar-refractivity contribution in [3.05, 3.63) is 23.8 Å². The maximum Gasteiger partial charge on any atom is 0.268 e. The van der Waals surface area contributed by atoms with Crippen LogP contribution >= 0.6 is 0 Å². The second-order valence-electron chi connectivity index (χ2n) is 4.93. The Hall–Kier alpha value is -1.64. The minimum Gasteiger partial charge on any atom is -0.495 e. The number of ether oxygens (including phenoxy) is 1. The SMILES string of the molecule is CCCCCNC(=O)c1ccc(OC)c(S(=O)(=O)N(C)OC)c1. The summed E-state index contributed by atoms with van der Waals surface area (Å²) in [6, 6.07) is 4.27. The second kappa shape index (κ2) is 8.85. The highest BCUT2D eigenvalue weighted by Gasteiger charge is 2.26. The summed E-state index contributed by atoms with van der Waals surface area (Å²) >= 11 is 0. The Balaban J connectivity index is 3.06. The lowest BCUT2D eigenvalue weighted by molar-refractivity contribution is -0.0259. The zero-order chi connectivity index (χ0) is 17.5. The molecule has 0 heterocycles. The molecule has 0 aliphatic rings. The van der Waals surface area contributed by atoms with Crippen molar-refractivity contribution in [3.8, 4) is 5.75 Å². The highest BCUT2D eigenvalue weighted by Crippen LogP contribution is 2.27. The number of rotatable bonds is 9. The largest absolute Gasteiger partial charge is 0.495 e. The van der Waals surface area contributed by atoms with Crippen LogP contribution in [0.15, 0.2) is 23.1 Å². The Kier molecular flexibility index (Phi) is 7.47. The number of carbonyl (C=O) groups excluding carboxylic acids is 1. The summed E-state index contributed by atoms with van der Waals surface area (Å²) in [5.74, 6) is -0.170. The molecule has 7 nitrogen and oxygen atoms in total. The zero-order valence-corrected chi connectivity index (χ0v) is 14.8. The first-order chi connectivity index (χ1) is 10.9. The molecule has 8 heteroatoms. The Labute approximate surface area is 137 Å². The number of nitrogens with one attached hydrogen (secondary N) is 1. The quantitative estimate of drug-likeness (QED) is 0.545. The van der Waals surface area contributed by atoms with E-state index in [4.69, 9.17) is 9.57 Å². The molecule has 130 valence electrons. The van der Waals surface area contributed by atoms with E-state index in [2.05, 4.69) is 12.2 Å². The molecular weight excluding hydrogens is 320 g/mol. The number of carbonyl (C=O) groups is 1. The van der Waals surface area contributed by atoms with Gasteiger partial charge in [0.2, 0.25) is 0 Å². The lowest BCUT2D eigenvalue weighted by Crippen LogP contribution is -2.27. The van der Waals surface area contributed by atoms with Gasteiger partial charge in [0.05, 0.1) is 14.2 Å². The third kappa shape index (κ3) is 4.92. The summed E-state index contributed by atoms with van der Waals surface area (Å²) in [7, 11) is -0.0296. The lowest BCUT2D eigenvalue weighted by atomic mass is 10.2. The Bertz CT molecular complexity index is 631. The van der Waals surface area contributed by atoms with Gasteiger partial charge < -0.3 is 10.1 Å². The van der Waals surface area contributed by atoms with Gasteiger partial charge in [0.15, 0.2) is 0 Å². The maximum atomic E-state index is 12.4. The highest BCUT2D eigenvalue weighted by molar-refractivity contribution is 7.89. The van der Waals surface area contributed by atoms with Gasteiger partial charge in [0, 0.05) is 19.2 Å². The van der Waals surface area contributed by atoms with Gasteiger partial charge >= 0.3 is 0 Å². The molecule has 0 bridgehead atoms. The number of hydrogen-bond donors (Lipinski definition) is 1. The van der Waals surface area contributed by atoms with Gasteiger partial charge in [-0.2, -0.15) is 0 Å². The van der Waals surface area contributed by atoms with Crippen LogP contribution in [0.2, 0.25) is 0 Å². The van der Waals surface area contributed by atoms with Crippen LogP contribution in [0.1, 0.15) is 36.5 Å². The van der Waals surface area contributed by atoms with Crippen LogP contribution < -0.4 is 10.1 Å². The van der Waals surface area contributed by atoms with Crippen molar-refractivity contribution < 1.29 is 22.8 Å². The molecule has 1 amide bonds. The number of unbranched alkanes of at least 4 members (excludes halogenated alkanes) is 2. The molecule has 0 aliphatic heterocycles. The molecule has 0 atom stereocenters. The number of benzene rings is 1. The van der Waals surface area contributed by atoms with Crippen LogP contribution in [0.5, 0.6) is 5.75 Å². The van der Waals surface area contributed by atoms with Gasteiger partial charge in [-0.1, -0.05) is 24.2 Å². The second-order valence-corrected chi connectivity index (χ2v) is 6.83. The monoisotopic (exact) mass is 344 g/mol. The van der Waals surface area contributed by atoms with E-state index in [9.17, 15) is 13.2 Å². The van der Waals surface area contributed by atoms with Gasteiger partial charge in [-0.25, -0.2) is 8.42 Å².